The summed E-state index contributed by atoms with van der Waals surface area (Å²) < 4.78 is 5.26. The summed E-state index contributed by atoms with van der Waals surface area (Å²) in [6.45, 7) is 7.42. The predicted octanol–water partition coefficient (Wildman–Crippen LogP) is 2.68. The third-order valence-electron chi connectivity index (χ3n) is 4.15. The molecule has 2 rings (SSSR count). The molecule has 4 heteroatoms. The number of carbonyl (C=O) groups is 1. The van der Waals surface area contributed by atoms with Gasteiger partial charge < -0.3 is 15.4 Å². The molecule has 0 spiro atoms. The highest BCUT2D eigenvalue weighted by Crippen LogP contribution is 2.32. The van der Waals surface area contributed by atoms with Crippen LogP contribution in [-0.4, -0.2) is 30.8 Å². The Balaban J connectivity index is 1.70. The zero-order valence-electron chi connectivity index (χ0n) is 12.5. The van der Waals surface area contributed by atoms with Crippen molar-refractivity contribution in [3.8, 4) is 0 Å². The third kappa shape index (κ3) is 4.68. The van der Waals surface area contributed by atoms with E-state index >= 15 is 0 Å². The van der Waals surface area contributed by atoms with Crippen molar-refractivity contribution in [2.75, 3.05) is 13.1 Å². The average Bonchev–Trinajstić information content (AvgIpc) is 2.34. The fraction of sp³-hybridized carbons (Fsp3) is 0.933. The minimum Gasteiger partial charge on any atom is -0.444 e. The van der Waals surface area contributed by atoms with Gasteiger partial charge in [0.05, 0.1) is 0 Å². The lowest BCUT2D eigenvalue weighted by molar-refractivity contribution is 0.0508. The molecule has 0 aromatic heterocycles. The SMILES string of the molecule is CC(C)(C)OC(=O)NC[C@H]1CN[C@@H]2CCCC[C@@H]2C1. The largest absolute Gasteiger partial charge is 0.444 e. The van der Waals surface area contributed by atoms with Crippen LogP contribution in [0.3, 0.4) is 0 Å². The lowest BCUT2D eigenvalue weighted by Gasteiger charge is -2.40. The summed E-state index contributed by atoms with van der Waals surface area (Å²) in [6, 6.07) is 0.728. The normalized spacial score (nSPS) is 31.4. The first-order valence-electron chi connectivity index (χ1n) is 7.64. The fourth-order valence-electron chi connectivity index (χ4n) is 3.29. The molecule has 0 radical (unpaired) electrons. The van der Waals surface area contributed by atoms with Gasteiger partial charge in [0.2, 0.25) is 0 Å². The number of hydrogen-bond acceptors (Lipinski definition) is 3. The van der Waals surface area contributed by atoms with E-state index in [9.17, 15) is 4.79 Å². The van der Waals surface area contributed by atoms with Gasteiger partial charge >= 0.3 is 6.09 Å². The van der Waals surface area contributed by atoms with Crippen molar-refractivity contribution < 1.29 is 9.53 Å². The first-order valence-corrected chi connectivity index (χ1v) is 7.64. The molecule has 1 amide bonds. The fourth-order valence-corrected chi connectivity index (χ4v) is 3.29. The van der Waals surface area contributed by atoms with E-state index in [0.717, 1.165) is 25.0 Å². The Kier molecular flexibility index (Phi) is 4.71. The number of amides is 1. The number of carbonyl (C=O) groups excluding carboxylic acids is 1. The Labute approximate surface area is 116 Å². The van der Waals surface area contributed by atoms with Crippen molar-refractivity contribution in [3.05, 3.63) is 0 Å². The van der Waals surface area contributed by atoms with E-state index in [0.29, 0.717) is 5.92 Å². The topological polar surface area (TPSA) is 50.4 Å². The van der Waals surface area contributed by atoms with Crippen LogP contribution in [0, 0.1) is 11.8 Å². The van der Waals surface area contributed by atoms with Gasteiger partial charge in [0, 0.05) is 12.6 Å². The highest BCUT2D eigenvalue weighted by Gasteiger charge is 2.32. The average molecular weight is 268 g/mol. The summed E-state index contributed by atoms with van der Waals surface area (Å²) in [5.41, 5.74) is -0.413. The second-order valence-corrected chi connectivity index (χ2v) is 7.04. The summed E-state index contributed by atoms with van der Waals surface area (Å²) in [7, 11) is 0. The summed E-state index contributed by atoms with van der Waals surface area (Å²) >= 11 is 0. The number of piperidine rings is 1. The Morgan fingerprint density at radius 3 is 2.79 bits per heavy atom. The minimum atomic E-state index is -0.413. The van der Waals surface area contributed by atoms with Crippen LogP contribution < -0.4 is 10.6 Å². The molecule has 1 aliphatic carbocycles. The van der Waals surface area contributed by atoms with Gasteiger partial charge in [-0.3, -0.25) is 0 Å². The molecule has 0 aromatic carbocycles. The highest BCUT2D eigenvalue weighted by atomic mass is 16.6. The Bertz CT molecular complexity index is 312. The van der Waals surface area contributed by atoms with Gasteiger partial charge in [-0.25, -0.2) is 4.79 Å². The van der Waals surface area contributed by atoms with Gasteiger partial charge in [-0.15, -0.1) is 0 Å². The van der Waals surface area contributed by atoms with Crippen molar-refractivity contribution >= 4 is 6.09 Å². The smallest absolute Gasteiger partial charge is 0.407 e. The van der Waals surface area contributed by atoms with Crippen molar-refractivity contribution in [1.82, 2.24) is 10.6 Å². The van der Waals surface area contributed by atoms with E-state index in [1.807, 2.05) is 20.8 Å². The summed E-state index contributed by atoms with van der Waals surface area (Å²) in [5, 5.41) is 6.55. The van der Waals surface area contributed by atoms with E-state index in [1.54, 1.807) is 0 Å². The van der Waals surface area contributed by atoms with Crippen molar-refractivity contribution in [2.45, 2.75) is 64.5 Å². The molecule has 4 nitrogen and oxygen atoms in total. The number of alkyl carbamates (subject to hydrolysis) is 1. The van der Waals surface area contributed by atoms with Crippen LogP contribution in [0.1, 0.15) is 52.9 Å². The van der Waals surface area contributed by atoms with Gasteiger partial charge in [-0.05, 0) is 58.4 Å². The molecule has 0 unspecified atom stereocenters. The molecular formula is C15H28N2O2. The first kappa shape index (κ1) is 14.6. The third-order valence-corrected chi connectivity index (χ3v) is 4.15. The lowest BCUT2D eigenvalue weighted by Crippen LogP contribution is -2.49. The van der Waals surface area contributed by atoms with Gasteiger partial charge in [0.25, 0.3) is 0 Å². The summed E-state index contributed by atoms with van der Waals surface area (Å²) in [6.07, 6.45) is 6.37. The van der Waals surface area contributed by atoms with Gasteiger partial charge in [0.1, 0.15) is 5.60 Å². The van der Waals surface area contributed by atoms with Crippen LogP contribution in [0.2, 0.25) is 0 Å². The maximum atomic E-state index is 11.6. The second-order valence-electron chi connectivity index (χ2n) is 7.04. The second kappa shape index (κ2) is 6.12. The van der Waals surface area contributed by atoms with Crippen molar-refractivity contribution in [3.63, 3.8) is 0 Å². The molecule has 2 N–H and O–H groups in total. The Morgan fingerprint density at radius 2 is 2.05 bits per heavy atom. The molecule has 1 saturated carbocycles. The van der Waals surface area contributed by atoms with E-state index < -0.39 is 5.60 Å². The van der Waals surface area contributed by atoms with Crippen LogP contribution in [0.5, 0.6) is 0 Å². The minimum absolute atomic E-state index is 0.293. The zero-order chi connectivity index (χ0) is 13.9. The van der Waals surface area contributed by atoms with Crippen molar-refractivity contribution in [1.29, 1.82) is 0 Å². The van der Waals surface area contributed by atoms with Gasteiger partial charge in [-0.2, -0.15) is 0 Å². The first-order chi connectivity index (χ1) is 8.94. The number of ether oxygens (including phenoxy) is 1. The van der Waals surface area contributed by atoms with E-state index in [1.165, 1.54) is 32.1 Å². The highest BCUT2D eigenvalue weighted by molar-refractivity contribution is 5.67. The quantitative estimate of drug-likeness (QED) is 0.809. The molecule has 0 aromatic rings. The predicted molar refractivity (Wildman–Crippen MR) is 76.1 cm³/mol. The van der Waals surface area contributed by atoms with Crippen LogP contribution >= 0.6 is 0 Å². The molecule has 110 valence electrons. The van der Waals surface area contributed by atoms with E-state index in [-0.39, 0.29) is 6.09 Å². The number of rotatable bonds is 2. The van der Waals surface area contributed by atoms with Gasteiger partial charge in [-0.1, -0.05) is 12.8 Å². The van der Waals surface area contributed by atoms with Gasteiger partial charge in [0.15, 0.2) is 0 Å². The van der Waals surface area contributed by atoms with Crippen molar-refractivity contribution in [2.24, 2.45) is 11.8 Å². The monoisotopic (exact) mass is 268 g/mol. The summed E-state index contributed by atoms with van der Waals surface area (Å²) in [5.74, 6) is 1.36. The Morgan fingerprint density at radius 1 is 1.32 bits per heavy atom. The van der Waals surface area contributed by atoms with E-state index in [4.69, 9.17) is 4.74 Å². The Hall–Kier alpha value is -0.770. The molecular weight excluding hydrogens is 240 g/mol. The molecule has 0 bridgehead atoms. The van der Waals surface area contributed by atoms with Crippen LogP contribution in [0.25, 0.3) is 0 Å². The molecule has 2 aliphatic rings. The molecule has 1 heterocycles. The zero-order valence-corrected chi connectivity index (χ0v) is 12.5. The lowest BCUT2D eigenvalue weighted by atomic mass is 9.76. The van der Waals surface area contributed by atoms with Crippen LogP contribution in [0.4, 0.5) is 4.79 Å². The van der Waals surface area contributed by atoms with Crippen LogP contribution in [0.15, 0.2) is 0 Å². The standard InChI is InChI=1S/C15H28N2O2/c1-15(2,3)19-14(18)17-10-11-8-12-6-4-5-7-13(12)16-9-11/h11-13,16H,4-10H2,1-3H3,(H,17,18)/t11-,12-,13-/m1/s1. The molecule has 1 saturated heterocycles. The van der Waals surface area contributed by atoms with E-state index in [2.05, 4.69) is 10.6 Å². The molecule has 19 heavy (non-hydrogen) atoms. The number of hydrogen-bond donors (Lipinski definition) is 2. The maximum absolute atomic E-state index is 11.6. The maximum Gasteiger partial charge on any atom is 0.407 e. The number of nitrogens with one attached hydrogen (secondary N) is 2. The summed E-state index contributed by atoms with van der Waals surface area (Å²) in [4.78, 5) is 11.6. The van der Waals surface area contributed by atoms with Crippen LogP contribution in [-0.2, 0) is 4.74 Å². The molecule has 2 fully saturated rings. The molecule has 1 aliphatic heterocycles. The molecule has 3 atom stereocenters. The number of fused-ring (bicyclic) bond motifs is 1.